The summed E-state index contributed by atoms with van der Waals surface area (Å²) < 4.78 is 63.7. The Kier molecular flexibility index (Phi) is 4.76. The van der Waals surface area contributed by atoms with E-state index in [1.54, 1.807) is 0 Å². The van der Waals surface area contributed by atoms with Crippen LogP contribution in [0.1, 0.15) is 5.56 Å². The summed E-state index contributed by atoms with van der Waals surface area (Å²) in [6.45, 7) is -0.132. The summed E-state index contributed by atoms with van der Waals surface area (Å²) >= 11 is 2.87. The topological polar surface area (TPSA) is 72.2 Å². The lowest BCUT2D eigenvalue weighted by Gasteiger charge is -2.14. The highest BCUT2D eigenvalue weighted by Gasteiger charge is 2.37. The summed E-state index contributed by atoms with van der Waals surface area (Å²) in [5.41, 5.74) is 3.88. The van der Waals surface area contributed by atoms with Gasteiger partial charge in [0.1, 0.15) is 0 Å². The van der Waals surface area contributed by atoms with Crippen molar-refractivity contribution in [3.8, 4) is 0 Å². The van der Waals surface area contributed by atoms with Gasteiger partial charge in [-0.15, -0.1) is 0 Å². The maximum atomic E-state index is 12.7. The van der Waals surface area contributed by atoms with Crippen molar-refractivity contribution >= 4 is 26.0 Å². The third kappa shape index (κ3) is 3.67. The Bertz CT molecular complexity index is 531. The standard InChI is InChI=1S/C9H10BrF3N2O2S/c10-6-1-2-8(7(5-6)9(11,12)13)18(16,17)15-4-3-14/h1-2,5,15H,3-4,14H2. The Morgan fingerprint density at radius 2 is 1.94 bits per heavy atom. The van der Waals surface area contributed by atoms with Crippen LogP contribution in [-0.2, 0) is 16.2 Å². The highest BCUT2D eigenvalue weighted by molar-refractivity contribution is 9.10. The first-order valence-corrected chi connectivity index (χ1v) is 7.02. The van der Waals surface area contributed by atoms with E-state index in [4.69, 9.17) is 5.73 Å². The molecule has 0 aliphatic carbocycles. The Balaban J connectivity index is 3.33. The van der Waals surface area contributed by atoms with E-state index >= 15 is 0 Å². The Labute approximate surface area is 111 Å². The van der Waals surface area contributed by atoms with Crippen molar-refractivity contribution in [3.05, 3.63) is 28.2 Å². The van der Waals surface area contributed by atoms with Crippen LogP contribution in [0.2, 0.25) is 0 Å². The summed E-state index contributed by atoms with van der Waals surface area (Å²) in [6.07, 6.45) is -4.75. The van der Waals surface area contributed by atoms with Crippen LogP contribution in [0.5, 0.6) is 0 Å². The predicted octanol–water partition coefficient (Wildman–Crippen LogP) is 1.70. The largest absolute Gasteiger partial charge is 0.417 e. The van der Waals surface area contributed by atoms with E-state index in [0.717, 1.165) is 12.1 Å². The van der Waals surface area contributed by atoms with Crippen LogP contribution in [0, 0.1) is 0 Å². The van der Waals surface area contributed by atoms with E-state index in [-0.39, 0.29) is 17.6 Å². The molecule has 1 aromatic rings. The first-order valence-electron chi connectivity index (χ1n) is 4.75. The number of benzene rings is 1. The number of halogens is 4. The Morgan fingerprint density at radius 1 is 1.33 bits per heavy atom. The zero-order valence-electron chi connectivity index (χ0n) is 8.96. The molecule has 4 nitrogen and oxygen atoms in total. The molecule has 0 heterocycles. The third-order valence-corrected chi connectivity index (χ3v) is 3.99. The molecule has 0 atom stereocenters. The van der Waals surface area contributed by atoms with Crippen molar-refractivity contribution in [2.75, 3.05) is 13.1 Å². The zero-order valence-corrected chi connectivity index (χ0v) is 11.4. The second kappa shape index (κ2) is 5.55. The Hall–Kier alpha value is -0.640. The van der Waals surface area contributed by atoms with Crippen molar-refractivity contribution in [1.29, 1.82) is 0 Å². The van der Waals surface area contributed by atoms with Crippen molar-refractivity contribution in [2.24, 2.45) is 5.73 Å². The van der Waals surface area contributed by atoms with Gasteiger partial charge in [-0.25, -0.2) is 13.1 Å². The number of nitrogens with one attached hydrogen (secondary N) is 1. The molecule has 0 fully saturated rings. The molecular weight excluding hydrogens is 337 g/mol. The molecule has 0 amide bonds. The van der Waals surface area contributed by atoms with Gasteiger partial charge in [-0.2, -0.15) is 13.2 Å². The van der Waals surface area contributed by atoms with Gasteiger partial charge in [-0.1, -0.05) is 15.9 Å². The Morgan fingerprint density at radius 3 is 2.44 bits per heavy atom. The lowest BCUT2D eigenvalue weighted by Crippen LogP contribution is -2.30. The molecule has 0 unspecified atom stereocenters. The van der Waals surface area contributed by atoms with Gasteiger partial charge in [0.25, 0.3) is 0 Å². The van der Waals surface area contributed by atoms with Crippen LogP contribution in [-0.4, -0.2) is 21.5 Å². The third-order valence-electron chi connectivity index (χ3n) is 1.97. The minimum Gasteiger partial charge on any atom is -0.329 e. The average molecular weight is 347 g/mol. The van der Waals surface area contributed by atoms with Gasteiger partial charge in [0.05, 0.1) is 10.5 Å². The summed E-state index contributed by atoms with van der Waals surface area (Å²) in [7, 11) is -4.22. The fourth-order valence-corrected chi connectivity index (χ4v) is 2.84. The van der Waals surface area contributed by atoms with Crippen molar-refractivity contribution in [2.45, 2.75) is 11.1 Å². The summed E-state index contributed by atoms with van der Waals surface area (Å²) in [6, 6.07) is 2.84. The molecule has 102 valence electrons. The second-order valence-electron chi connectivity index (χ2n) is 3.32. The lowest BCUT2D eigenvalue weighted by atomic mass is 10.2. The summed E-state index contributed by atoms with van der Waals surface area (Å²) in [4.78, 5) is -0.813. The van der Waals surface area contributed by atoms with Crippen LogP contribution >= 0.6 is 15.9 Å². The van der Waals surface area contributed by atoms with E-state index in [1.165, 1.54) is 6.07 Å². The van der Waals surface area contributed by atoms with E-state index in [9.17, 15) is 21.6 Å². The maximum absolute atomic E-state index is 12.7. The first-order chi connectivity index (χ1) is 8.18. The molecule has 1 aromatic carbocycles. The van der Waals surface area contributed by atoms with Crippen LogP contribution in [0.4, 0.5) is 13.2 Å². The smallest absolute Gasteiger partial charge is 0.329 e. The molecule has 0 aromatic heterocycles. The van der Waals surface area contributed by atoms with Crippen LogP contribution in [0.3, 0.4) is 0 Å². The highest BCUT2D eigenvalue weighted by Crippen LogP contribution is 2.35. The number of nitrogens with two attached hydrogens (primary N) is 1. The molecule has 18 heavy (non-hydrogen) atoms. The van der Waals surface area contributed by atoms with Gasteiger partial charge < -0.3 is 5.73 Å². The van der Waals surface area contributed by atoms with Crippen LogP contribution in [0.25, 0.3) is 0 Å². The first kappa shape index (κ1) is 15.4. The minimum atomic E-state index is -4.75. The molecule has 0 bridgehead atoms. The molecule has 0 saturated carbocycles. The molecule has 0 radical (unpaired) electrons. The summed E-state index contributed by atoms with van der Waals surface area (Å²) in [5.74, 6) is 0. The number of hydrogen-bond acceptors (Lipinski definition) is 3. The average Bonchev–Trinajstić information content (AvgIpc) is 2.25. The molecule has 0 aliphatic heterocycles. The SMILES string of the molecule is NCCNS(=O)(=O)c1ccc(Br)cc1C(F)(F)F. The molecule has 0 saturated heterocycles. The van der Waals surface area contributed by atoms with Crippen molar-refractivity contribution in [1.82, 2.24) is 4.72 Å². The van der Waals surface area contributed by atoms with Gasteiger partial charge in [0.2, 0.25) is 10.0 Å². The molecule has 1 rings (SSSR count). The highest BCUT2D eigenvalue weighted by atomic mass is 79.9. The van der Waals surface area contributed by atoms with Gasteiger partial charge in [-0.05, 0) is 18.2 Å². The maximum Gasteiger partial charge on any atom is 0.417 e. The minimum absolute atomic E-state index is 0.00287. The fraction of sp³-hybridized carbons (Fsp3) is 0.333. The fourth-order valence-electron chi connectivity index (χ4n) is 1.23. The van der Waals surface area contributed by atoms with Gasteiger partial charge in [0.15, 0.2) is 0 Å². The zero-order chi connectivity index (χ0) is 14.0. The number of rotatable bonds is 4. The van der Waals surface area contributed by atoms with Gasteiger partial charge in [-0.3, -0.25) is 0 Å². The molecule has 0 spiro atoms. The summed E-state index contributed by atoms with van der Waals surface area (Å²) in [5, 5.41) is 0. The number of hydrogen-bond donors (Lipinski definition) is 2. The quantitative estimate of drug-likeness (QED) is 0.871. The van der Waals surface area contributed by atoms with Crippen molar-refractivity contribution in [3.63, 3.8) is 0 Å². The molecule has 9 heteroatoms. The van der Waals surface area contributed by atoms with Crippen molar-refractivity contribution < 1.29 is 21.6 Å². The van der Waals surface area contributed by atoms with Gasteiger partial charge in [0, 0.05) is 17.6 Å². The number of sulfonamides is 1. The molecular formula is C9H10BrF3N2O2S. The van der Waals surface area contributed by atoms with E-state index in [0.29, 0.717) is 0 Å². The lowest BCUT2D eigenvalue weighted by molar-refractivity contribution is -0.139. The van der Waals surface area contributed by atoms with Crippen LogP contribution in [0.15, 0.2) is 27.6 Å². The van der Waals surface area contributed by atoms with E-state index in [2.05, 4.69) is 15.9 Å². The molecule has 3 N–H and O–H groups in total. The predicted molar refractivity (Wildman–Crippen MR) is 63.4 cm³/mol. The van der Waals surface area contributed by atoms with Crippen LogP contribution < -0.4 is 10.5 Å². The normalized spacial score (nSPS) is 12.7. The van der Waals surface area contributed by atoms with E-state index in [1.807, 2.05) is 4.72 Å². The van der Waals surface area contributed by atoms with E-state index < -0.39 is 26.7 Å². The van der Waals surface area contributed by atoms with Gasteiger partial charge >= 0.3 is 6.18 Å². The monoisotopic (exact) mass is 346 g/mol. The second-order valence-corrected chi connectivity index (χ2v) is 5.98. The molecule has 0 aliphatic rings. The number of alkyl halides is 3.